The van der Waals surface area contributed by atoms with Gasteiger partial charge in [-0.2, -0.15) is 13.2 Å². The van der Waals surface area contributed by atoms with E-state index in [4.69, 9.17) is 11.6 Å². The topological polar surface area (TPSA) is 45.2 Å². The number of alkyl halides is 3. The first-order chi connectivity index (χ1) is 13.2. The van der Waals surface area contributed by atoms with Crippen LogP contribution in [0.3, 0.4) is 0 Å². The Kier molecular flexibility index (Phi) is 4.67. The minimum atomic E-state index is -4.52. The monoisotopic (exact) mass is 429 g/mol. The van der Waals surface area contributed by atoms with Crippen LogP contribution in [0.5, 0.6) is 0 Å². The van der Waals surface area contributed by atoms with Crippen LogP contribution in [0.25, 0.3) is 10.2 Å². The highest BCUT2D eigenvalue weighted by atomic mass is 35.5. The van der Waals surface area contributed by atoms with Crippen molar-refractivity contribution >= 4 is 49.9 Å². The molecule has 1 fully saturated rings. The Morgan fingerprint density at radius 1 is 1.21 bits per heavy atom. The molecule has 0 aliphatic carbocycles. The lowest BCUT2D eigenvalue weighted by Gasteiger charge is -2.38. The molecule has 1 aliphatic heterocycles. The number of carbonyl (C=O) groups is 1. The lowest BCUT2D eigenvalue weighted by molar-refractivity contribution is -0.137. The molecule has 0 saturated carbocycles. The number of hydrogen-bond acceptors (Lipinski definition) is 4. The first-order valence-corrected chi connectivity index (χ1v) is 9.39. The van der Waals surface area contributed by atoms with E-state index in [0.717, 1.165) is 18.2 Å². The first-order valence-electron chi connectivity index (χ1n) is 8.19. The zero-order valence-corrected chi connectivity index (χ0v) is 15.6. The number of hydrogen-bond donors (Lipinski definition) is 1. The smallest absolute Gasteiger partial charge is 0.346 e. The third-order valence-corrected chi connectivity index (χ3v) is 5.82. The molecule has 1 aliphatic rings. The van der Waals surface area contributed by atoms with E-state index >= 15 is 0 Å². The average molecular weight is 430 g/mol. The van der Waals surface area contributed by atoms with Gasteiger partial charge in [-0.25, -0.2) is 9.37 Å². The molecule has 0 bridgehead atoms. The van der Waals surface area contributed by atoms with Crippen LogP contribution < -0.4 is 10.2 Å². The quantitative estimate of drug-likeness (QED) is 0.583. The Labute approximate surface area is 165 Å². The Morgan fingerprint density at radius 3 is 2.68 bits per heavy atom. The third kappa shape index (κ3) is 3.64. The second-order valence-electron chi connectivity index (χ2n) is 6.39. The van der Waals surface area contributed by atoms with Gasteiger partial charge >= 0.3 is 6.18 Å². The van der Waals surface area contributed by atoms with E-state index < -0.39 is 23.6 Å². The van der Waals surface area contributed by atoms with Crippen LogP contribution in [-0.4, -0.2) is 24.0 Å². The molecular weight excluding hydrogens is 418 g/mol. The highest BCUT2D eigenvalue weighted by Crippen LogP contribution is 2.36. The number of fused-ring (bicyclic) bond motifs is 1. The van der Waals surface area contributed by atoms with Crippen LogP contribution in [0.4, 0.5) is 28.4 Å². The molecule has 1 aromatic heterocycles. The van der Waals surface area contributed by atoms with Gasteiger partial charge < -0.3 is 10.2 Å². The van der Waals surface area contributed by atoms with Crippen molar-refractivity contribution < 1.29 is 22.4 Å². The number of halogens is 5. The summed E-state index contributed by atoms with van der Waals surface area (Å²) in [5.41, 5.74) is -0.287. The number of benzene rings is 2. The van der Waals surface area contributed by atoms with E-state index in [1.165, 1.54) is 23.5 Å². The van der Waals surface area contributed by atoms with E-state index in [-0.39, 0.29) is 16.5 Å². The Morgan fingerprint density at radius 2 is 1.96 bits per heavy atom. The largest absolute Gasteiger partial charge is 0.416 e. The number of amides is 1. The van der Waals surface area contributed by atoms with Crippen molar-refractivity contribution in [3.05, 3.63) is 52.8 Å². The molecule has 0 atom stereocenters. The lowest BCUT2D eigenvalue weighted by Crippen LogP contribution is -2.52. The summed E-state index contributed by atoms with van der Waals surface area (Å²) < 4.78 is 52.5. The molecule has 10 heteroatoms. The van der Waals surface area contributed by atoms with Gasteiger partial charge in [-0.15, -0.1) is 0 Å². The maximum absolute atomic E-state index is 13.3. The molecule has 2 aromatic carbocycles. The molecule has 0 unspecified atom stereocenters. The van der Waals surface area contributed by atoms with Crippen molar-refractivity contribution in [2.75, 3.05) is 23.3 Å². The summed E-state index contributed by atoms with van der Waals surface area (Å²) in [6.07, 6.45) is -4.52. The lowest BCUT2D eigenvalue weighted by atomic mass is 10.00. The fourth-order valence-corrected chi connectivity index (χ4v) is 4.03. The summed E-state index contributed by atoms with van der Waals surface area (Å²) in [5, 5.41) is 3.17. The van der Waals surface area contributed by atoms with Crippen LogP contribution >= 0.6 is 22.9 Å². The standard InChI is InChI=1S/C18H12ClF4N3OS/c19-12-3-1-10(18(21,22)23)5-14(12)24-16(27)9-7-26(8-9)17-25-13-4-2-11(20)6-15(13)28-17/h1-6,9H,7-8H2,(H,24,27). The second kappa shape index (κ2) is 6.89. The number of aromatic nitrogens is 1. The number of anilines is 2. The molecule has 146 valence electrons. The number of nitrogens with one attached hydrogen (secondary N) is 1. The molecule has 0 radical (unpaired) electrons. The minimum absolute atomic E-state index is 0.0331. The molecule has 2 heterocycles. The summed E-state index contributed by atoms with van der Waals surface area (Å²) in [5.74, 6) is -1.17. The Balaban J connectivity index is 1.42. The SMILES string of the molecule is O=C(Nc1cc(C(F)(F)F)ccc1Cl)C1CN(c2nc3ccc(F)cc3s2)C1. The maximum Gasteiger partial charge on any atom is 0.416 e. The van der Waals surface area contributed by atoms with Crippen molar-refractivity contribution in [2.24, 2.45) is 5.92 Å². The predicted molar refractivity (Wildman–Crippen MR) is 100 cm³/mol. The summed E-state index contributed by atoms with van der Waals surface area (Å²) in [6.45, 7) is 0.732. The van der Waals surface area contributed by atoms with Crippen LogP contribution in [0, 0.1) is 11.7 Å². The Hall–Kier alpha value is -2.39. The maximum atomic E-state index is 13.3. The fraction of sp³-hybridized carbons (Fsp3) is 0.222. The highest BCUT2D eigenvalue weighted by Gasteiger charge is 2.35. The van der Waals surface area contributed by atoms with Crippen LogP contribution in [0.1, 0.15) is 5.56 Å². The van der Waals surface area contributed by atoms with Crippen molar-refractivity contribution in [1.29, 1.82) is 0 Å². The van der Waals surface area contributed by atoms with Crippen LogP contribution in [-0.2, 0) is 11.0 Å². The predicted octanol–water partition coefficient (Wildman–Crippen LogP) is 5.18. The summed E-state index contributed by atoms with van der Waals surface area (Å²) >= 11 is 7.22. The molecule has 1 saturated heterocycles. The van der Waals surface area contributed by atoms with Crippen molar-refractivity contribution in [3.63, 3.8) is 0 Å². The van der Waals surface area contributed by atoms with Crippen molar-refractivity contribution in [1.82, 2.24) is 4.98 Å². The summed E-state index contributed by atoms with van der Waals surface area (Å²) in [4.78, 5) is 18.6. The van der Waals surface area contributed by atoms with Gasteiger partial charge in [0.25, 0.3) is 0 Å². The van der Waals surface area contributed by atoms with Gasteiger partial charge in [0, 0.05) is 13.1 Å². The van der Waals surface area contributed by atoms with Crippen molar-refractivity contribution in [3.8, 4) is 0 Å². The Bertz CT molecular complexity index is 1060. The van der Waals surface area contributed by atoms with Gasteiger partial charge in [-0.3, -0.25) is 4.79 Å². The van der Waals surface area contributed by atoms with Gasteiger partial charge in [0.1, 0.15) is 5.82 Å². The average Bonchev–Trinajstić information content (AvgIpc) is 2.96. The summed E-state index contributed by atoms with van der Waals surface area (Å²) in [7, 11) is 0. The molecular formula is C18H12ClF4N3OS. The van der Waals surface area contributed by atoms with E-state index in [2.05, 4.69) is 10.3 Å². The summed E-state index contributed by atoms with van der Waals surface area (Å²) in [6, 6.07) is 7.10. The number of thiazole rings is 1. The molecule has 1 N–H and O–H groups in total. The van der Waals surface area contributed by atoms with Gasteiger partial charge in [0.05, 0.1) is 32.4 Å². The second-order valence-corrected chi connectivity index (χ2v) is 7.81. The fourth-order valence-electron chi connectivity index (χ4n) is 2.85. The van der Waals surface area contributed by atoms with Gasteiger partial charge in [-0.1, -0.05) is 22.9 Å². The highest BCUT2D eigenvalue weighted by molar-refractivity contribution is 7.22. The van der Waals surface area contributed by atoms with Gasteiger partial charge in [0.15, 0.2) is 5.13 Å². The van der Waals surface area contributed by atoms with E-state index in [1.807, 2.05) is 4.90 Å². The zero-order valence-electron chi connectivity index (χ0n) is 14.1. The zero-order chi connectivity index (χ0) is 20.1. The normalized spacial score (nSPS) is 15.0. The van der Waals surface area contributed by atoms with E-state index in [1.54, 1.807) is 6.07 Å². The molecule has 3 aromatic rings. The molecule has 4 nitrogen and oxygen atoms in total. The van der Waals surface area contributed by atoms with Crippen molar-refractivity contribution in [2.45, 2.75) is 6.18 Å². The van der Waals surface area contributed by atoms with Crippen LogP contribution in [0.15, 0.2) is 36.4 Å². The third-order valence-electron chi connectivity index (χ3n) is 4.41. The molecule has 0 spiro atoms. The number of rotatable bonds is 3. The number of nitrogens with zero attached hydrogens (tertiary/aromatic N) is 2. The molecule has 1 amide bonds. The first kappa shape index (κ1) is 18.9. The minimum Gasteiger partial charge on any atom is -0.346 e. The number of carbonyl (C=O) groups excluding carboxylic acids is 1. The molecule has 4 rings (SSSR count). The van der Waals surface area contributed by atoms with Gasteiger partial charge in [0.2, 0.25) is 5.91 Å². The van der Waals surface area contributed by atoms with E-state index in [0.29, 0.717) is 28.4 Å². The van der Waals surface area contributed by atoms with Gasteiger partial charge in [-0.05, 0) is 36.4 Å². The van der Waals surface area contributed by atoms with Crippen LogP contribution in [0.2, 0.25) is 5.02 Å². The molecule has 28 heavy (non-hydrogen) atoms. The van der Waals surface area contributed by atoms with E-state index in [9.17, 15) is 22.4 Å².